The molecular weight excluding hydrogens is 312 g/mol. The zero-order valence-electron chi connectivity index (χ0n) is 14.2. The van der Waals surface area contributed by atoms with Crippen molar-refractivity contribution in [3.8, 4) is 17.0 Å². The number of anilines is 1. The van der Waals surface area contributed by atoms with Gasteiger partial charge in [-0.15, -0.1) is 0 Å². The number of nitrogens with two attached hydrogens (primary N) is 1. The van der Waals surface area contributed by atoms with Crippen LogP contribution in [0.25, 0.3) is 11.3 Å². The Morgan fingerprint density at radius 1 is 1.04 bits per heavy atom. The van der Waals surface area contributed by atoms with Gasteiger partial charge in [-0.2, -0.15) is 0 Å². The maximum absolute atomic E-state index is 6.22. The number of ether oxygens (including phenoxy) is 1. The number of rotatable bonds is 7. The largest absolute Gasteiger partial charge is 0.486 e. The summed E-state index contributed by atoms with van der Waals surface area (Å²) in [5.41, 5.74) is 8.60. The predicted octanol–water partition coefficient (Wildman–Crippen LogP) is 3.46. The van der Waals surface area contributed by atoms with Crippen molar-refractivity contribution in [2.24, 2.45) is 0 Å². The lowest BCUT2D eigenvalue weighted by molar-refractivity contribution is 0.195. The average Bonchev–Trinajstić information content (AvgIpc) is 2.66. The van der Waals surface area contributed by atoms with Crippen molar-refractivity contribution in [3.63, 3.8) is 0 Å². The molecule has 2 aromatic carbocycles. The lowest BCUT2D eigenvalue weighted by atomic mass is 10.1. The molecule has 0 aliphatic rings. The Bertz CT molecular complexity index is 790. The molecule has 5 nitrogen and oxygen atoms in total. The molecule has 0 saturated heterocycles. The fraction of sp³-hybridized carbons (Fsp3) is 0.200. The highest BCUT2D eigenvalue weighted by Crippen LogP contribution is 2.27. The summed E-state index contributed by atoms with van der Waals surface area (Å²) in [5.74, 6) is 1.10. The summed E-state index contributed by atoms with van der Waals surface area (Å²) >= 11 is 0. The number of nitrogens with one attached hydrogen (secondary N) is 1. The van der Waals surface area contributed by atoms with Gasteiger partial charge in [0.2, 0.25) is 5.95 Å². The van der Waals surface area contributed by atoms with E-state index >= 15 is 0 Å². The average molecular weight is 334 g/mol. The Hall–Kier alpha value is -2.92. The van der Waals surface area contributed by atoms with E-state index in [2.05, 4.69) is 27.4 Å². The lowest BCUT2D eigenvalue weighted by Gasteiger charge is -2.20. The van der Waals surface area contributed by atoms with Gasteiger partial charge in [-0.3, -0.25) is 0 Å². The van der Waals surface area contributed by atoms with Crippen LogP contribution in [0.2, 0.25) is 0 Å². The predicted molar refractivity (Wildman–Crippen MR) is 100 cm³/mol. The third-order valence-electron chi connectivity index (χ3n) is 3.93. The van der Waals surface area contributed by atoms with Gasteiger partial charge in [-0.1, -0.05) is 30.3 Å². The first-order valence-corrected chi connectivity index (χ1v) is 8.31. The number of hydrogen-bond acceptors (Lipinski definition) is 5. The lowest BCUT2D eigenvalue weighted by Crippen LogP contribution is -2.16. The molecule has 25 heavy (non-hydrogen) atoms. The third kappa shape index (κ3) is 4.55. The van der Waals surface area contributed by atoms with Crippen LogP contribution in [0.1, 0.15) is 18.1 Å². The molecule has 0 saturated carbocycles. The van der Waals surface area contributed by atoms with Gasteiger partial charge in [0.1, 0.15) is 11.9 Å². The van der Waals surface area contributed by atoms with Crippen LogP contribution in [0.15, 0.2) is 66.9 Å². The molecule has 0 aliphatic heterocycles. The van der Waals surface area contributed by atoms with Crippen LogP contribution in [0.4, 0.5) is 5.95 Å². The van der Waals surface area contributed by atoms with Gasteiger partial charge in [-0.25, -0.2) is 9.97 Å². The van der Waals surface area contributed by atoms with Crippen molar-refractivity contribution in [3.05, 3.63) is 72.4 Å². The number of nitrogen functional groups attached to an aromatic ring is 1. The van der Waals surface area contributed by atoms with Gasteiger partial charge in [-0.05, 0) is 49.5 Å². The standard InChI is InChI=1S/C20H22N4O/c1-22-13-12-19(16-5-3-2-4-6-16)25-17-9-7-15(8-10-17)18-11-14-23-20(21)24-18/h2-11,14,19,22H,12-13H2,1H3,(H2,21,23,24)/t19-/m0/s1. The number of benzene rings is 2. The van der Waals surface area contributed by atoms with E-state index in [4.69, 9.17) is 10.5 Å². The topological polar surface area (TPSA) is 73.1 Å². The summed E-state index contributed by atoms with van der Waals surface area (Å²) in [6.07, 6.45) is 2.56. The monoisotopic (exact) mass is 334 g/mol. The molecule has 1 aromatic heterocycles. The summed E-state index contributed by atoms with van der Waals surface area (Å²) in [6.45, 7) is 0.887. The maximum atomic E-state index is 6.22. The molecule has 0 bridgehead atoms. The molecule has 5 heteroatoms. The fourth-order valence-corrected chi connectivity index (χ4v) is 2.64. The van der Waals surface area contributed by atoms with Gasteiger partial charge in [0, 0.05) is 18.2 Å². The van der Waals surface area contributed by atoms with E-state index in [1.165, 1.54) is 5.56 Å². The fourth-order valence-electron chi connectivity index (χ4n) is 2.64. The zero-order valence-corrected chi connectivity index (χ0v) is 14.2. The van der Waals surface area contributed by atoms with E-state index in [1.54, 1.807) is 6.20 Å². The van der Waals surface area contributed by atoms with E-state index in [0.717, 1.165) is 30.0 Å². The Kier molecular flexibility index (Phi) is 5.59. The molecule has 0 fully saturated rings. The first kappa shape index (κ1) is 16.9. The van der Waals surface area contributed by atoms with Crippen LogP contribution in [0.3, 0.4) is 0 Å². The van der Waals surface area contributed by atoms with Crippen LogP contribution < -0.4 is 15.8 Å². The van der Waals surface area contributed by atoms with Gasteiger partial charge in [0.25, 0.3) is 0 Å². The molecular formula is C20H22N4O. The summed E-state index contributed by atoms with van der Waals surface area (Å²) in [4.78, 5) is 8.16. The molecule has 0 unspecified atom stereocenters. The highest BCUT2D eigenvalue weighted by Gasteiger charge is 2.13. The summed E-state index contributed by atoms with van der Waals surface area (Å²) in [5, 5.41) is 3.18. The quantitative estimate of drug-likeness (QED) is 0.692. The van der Waals surface area contributed by atoms with Crippen LogP contribution >= 0.6 is 0 Å². The Morgan fingerprint density at radius 2 is 1.80 bits per heavy atom. The Labute approximate surface area is 147 Å². The summed E-state index contributed by atoms with van der Waals surface area (Å²) < 4.78 is 6.22. The number of nitrogens with zero attached hydrogens (tertiary/aromatic N) is 2. The smallest absolute Gasteiger partial charge is 0.220 e. The second-order valence-electron chi connectivity index (χ2n) is 5.73. The second kappa shape index (κ2) is 8.26. The number of aromatic nitrogens is 2. The van der Waals surface area contributed by atoms with Crippen LogP contribution in [-0.4, -0.2) is 23.6 Å². The minimum Gasteiger partial charge on any atom is -0.486 e. The summed E-state index contributed by atoms with van der Waals surface area (Å²) in [6, 6.07) is 20.0. The van der Waals surface area contributed by atoms with Crippen molar-refractivity contribution in [2.75, 3.05) is 19.3 Å². The highest BCUT2D eigenvalue weighted by molar-refractivity contribution is 5.60. The summed E-state index contributed by atoms with van der Waals surface area (Å²) in [7, 11) is 1.95. The molecule has 3 rings (SSSR count). The molecule has 1 atom stereocenters. The molecule has 3 aromatic rings. The van der Waals surface area contributed by atoms with Gasteiger partial charge >= 0.3 is 0 Å². The molecule has 0 amide bonds. The second-order valence-corrected chi connectivity index (χ2v) is 5.73. The van der Waals surface area contributed by atoms with Crippen LogP contribution in [0.5, 0.6) is 5.75 Å². The van der Waals surface area contributed by atoms with E-state index < -0.39 is 0 Å². The van der Waals surface area contributed by atoms with Crippen molar-refractivity contribution in [1.82, 2.24) is 15.3 Å². The SMILES string of the molecule is CNCC[C@H](Oc1ccc(-c2ccnc(N)n2)cc1)c1ccccc1. The van der Waals surface area contributed by atoms with Gasteiger partial charge < -0.3 is 15.8 Å². The van der Waals surface area contributed by atoms with Crippen molar-refractivity contribution in [1.29, 1.82) is 0 Å². The molecule has 0 aliphatic carbocycles. The number of hydrogen-bond donors (Lipinski definition) is 2. The Balaban J connectivity index is 1.76. The zero-order chi connectivity index (χ0) is 17.5. The minimum absolute atomic E-state index is 0.00851. The minimum atomic E-state index is 0.00851. The Morgan fingerprint density at radius 3 is 2.48 bits per heavy atom. The highest BCUT2D eigenvalue weighted by atomic mass is 16.5. The van der Waals surface area contributed by atoms with Crippen molar-refractivity contribution in [2.45, 2.75) is 12.5 Å². The van der Waals surface area contributed by atoms with Gasteiger partial charge in [0.15, 0.2) is 0 Å². The van der Waals surface area contributed by atoms with Crippen molar-refractivity contribution < 1.29 is 4.74 Å². The third-order valence-corrected chi connectivity index (χ3v) is 3.93. The normalized spacial score (nSPS) is 11.9. The first-order chi connectivity index (χ1) is 12.3. The van der Waals surface area contributed by atoms with Crippen molar-refractivity contribution >= 4 is 5.95 Å². The first-order valence-electron chi connectivity index (χ1n) is 8.31. The van der Waals surface area contributed by atoms with Crippen LogP contribution in [-0.2, 0) is 0 Å². The van der Waals surface area contributed by atoms with E-state index in [1.807, 2.05) is 55.6 Å². The maximum Gasteiger partial charge on any atom is 0.220 e. The molecule has 0 radical (unpaired) electrons. The van der Waals surface area contributed by atoms with E-state index in [9.17, 15) is 0 Å². The van der Waals surface area contributed by atoms with E-state index in [-0.39, 0.29) is 12.1 Å². The molecule has 0 spiro atoms. The molecule has 128 valence electrons. The van der Waals surface area contributed by atoms with Crippen LogP contribution in [0, 0.1) is 0 Å². The molecule has 3 N–H and O–H groups in total. The van der Waals surface area contributed by atoms with Gasteiger partial charge in [0.05, 0.1) is 5.69 Å². The van der Waals surface area contributed by atoms with E-state index in [0.29, 0.717) is 0 Å². The molecule has 1 heterocycles.